The van der Waals surface area contributed by atoms with E-state index < -0.39 is 11.2 Å². The third kappa shape index (κ3) is 3.74. The normalized spacial score (nSPS) is 11.3. The van der Waals surface area contributed by atoms with Crippen molar-refractivity contribution >= 4 is 39.3 Å². The van der Waals surface area contributed by atoms with Crippen molar-refractivity contribution < 1.29 is 9.53 Å². The van der Waals surface area contributed by atoms with Gasteiger partial charge in [0.2, 0.25) is 0 Å². The van der Waals surface area contributed by atoms with Crippen LogP contribution >= 0.6 is 11.6 Å². The molecule has 0 unspecified atom stereocenters. The van der Waals surface area contributed by atoms with Crippen LogP contribution in [-0.2, 0) is 13.6 Å². The Balaban J connectivity index is 1.86. The second-order valence-electron chi connectivity index (χ2n) is 8.41. The number of rotatable bonds is 5. The van der Waals surface area contributed by atoms with Crippen molar-refractivity contribution in [1.82, 2.24) is 13.7 Å². The highest BCUT2D eigenvalue weighted by Gasteiger charge is 2.23. The highest BCUT2D eigenvalue weighted by molar-refractivity contribution is 6.30. The minimum absolute atomic E-state index is 0.251. The summed E-state index contributed by atoms with van der Waals surface area (Å²) in [7, 11) is 3.32. The summed E-state index contributed by atoms with van der Waals surface area (Å²) in [5.41, 5.74) is 2.25. The largest absolute Gasteiger partial charge is 0.497 e. The van der Waals surface area contributed by atoms with Crippen LogP contribution in [0.5, 0.6) is 5.75 Å². The quantitative estimate of drug-likeness (QED) is 0.342. The molecule has 5 aromatic rings. The van der Waals surface area contributed by atoms with E-state index in [2.05, 4.69) is 0 Å². The minimum atomic E-state index is -0.594. The van der Waals surface area contributed by atoms with Gasteiger partial charge in [-0.25, -0.2) is 9.36 Å². The van der Waals surface area contributed by atoms with Crippen LogP contribution in [0.3, 0.4) is 0 Å². The summed E-state index contributed by atoms with van der Waals surface area (Å²) in [6.45, 7) is 1.68. The zero-order valence-electron chi connectivity index (χ0n) is 19.4. The first-order valence-electron chi connectivity index (χ1n) is 11.0. The molecule has 2 aromatic heterocycles. The van der Waals surface area contributed by atoms with Crippen molar-refractivity contribution in [2.45, 2.75) is 13.5 Å². The minimum Gasteiger partial charge on any atom is -0.497 e. The number of carbonyl (C=O) groups excluding carboxylic acids is 1. The lowest BCUT2D eigenvalue weighted by atomic mass is 10.1. The number of ether oxygens (including phenoxy) is 1. The van der Waals surface area contributed by atoms with E-state index in [0.29, 0.717) is 38.4 Å². The lowest BCUT2D eigenvalue weighted by Gasteiger charge is -2.13. The second-order valence-corrected chi connectivity index (χ2v) is 8.85. The number of fused-ring (bicyclic) bond motifs is 3. The third-order valence-electron chi connectivity index (χ3n) is 6.24. The fraction of sp³-hybridized carbons (Fsp3) is 0.148. The molecule has 0 bridgehead atoms. The molecule has 0 saturated carbocycles. The van der Waals surface area contributed by atoms with Gasteiger partial charge in [0.1, 0.15) is 11.3 Å². The van der Waals surface area contributed by atoms with Gasteiger partial charge < -0.3 is 9.30 Å². The molecule has 0 radical (unpaired) electrons. The van der Waals surface area contributed by atoms with Crippen molar-refractivity contribution in [2.24, 2.45) is 7.05 Å². The Hall–Kier alpha value is -4.10. The summed E-state index contributed by atoms with van der Waals surface area (Å²) in [5, 5.41) is 1.16. The standard InChI is InChI=1S/C27H22ClN3O4/c1-16-4-10-19(11-5-16)31-26(33)25-24(21-14-20(35-3)12-13-22(21)29(25)2)30(27(31)34)15-23(32)17-6-8-18(28)9-7-17/h4-14H,15H2,1-3H3. The SMILES string of the molecule is COc1ccc2c(c1)c1c(c(=O)n(-c3ccc(C)cc3)c(=O)n1CC(=O)c1ccc(Cl)cc1)n2C. The zero-order valence-corrected chi connectivity index (χ0v) is 20.2. The van der Waals surface area contributed by atoms with Crippen LogP contribution in [0.15, 0.2) is 76.3 Å². The smallest absolute Gasteiger partial charge is 0.336 e. The number of hydrogen-bond donors (Lipinski definition) is 0. The molecule has 8 heteroatoms. The molecular weight excluding hydrogens is 466 g/mol. The molecule has 2 heterocycles. The van der Waals surface area contributed by atoms with Gasteiger partial charge in [0, 0.05) is 23.0 Å². The van der Waals surface area contributed by atoms with Crippen LogP contribution in [0.1, 0.15) is 15.9 Å². The molecule has 5 rings (SSSR count). The average molecular weight is 488 g/mol. The van der Waals surface area contributed by atoms with Crippen molar-refractivity contribution in [1.29, 1.82) is 0 Å². The van der Waals surface area contributed by atoms with E-state index in [-0.39, 0.29) is 12.3 Å². The molecule has 0 N–H and O–H groups in total. The molecule has 0 amide bonds. The van der Waals surface area contributed by atoms with Gasteiger partial charge in [-0.05, 0) is 61.5 Å². The Morgan fingerprint density at radius 2 is 1.63 bits per heavy atom. The zero-order chi connectivity index (χ0) is 24.9. The van der Waals surface area contributed by atoms with Gasteiger partial charge in [-0.15, -0.1) is 0 Å². The van der Waals surface area contributed by atoms with E-state index in [9.17, 15) is 14.4 Å². The van der Waals surface area contributed by atoms with E-state index in [4.69, 9.17) is 16.3 Å². The Labute approximate surface area is 205 Å². The van der Waals surface area contributed by atoms with E-state index in [0.717, 1.165) is 15.6 Å². The molecule has 0 aliphatic heterocycles. The topological polar surface area (TPSA) is 75.2 Å². The van der Waals surface area contributed by atoms with E-state index in [1.807, 2.05) is 25.1 Å². The van der Waals surface area contributed by atoms with Gasteiger partial charge in [0.25, 0.3) is 5.56 Å². The van der Waals surface area contributed by atoms with Crippen LogP contribution in [0, 0.1) is 6.92 Å². The molecular formula is C27H22ClN3O4. The third-order valence-corrected chi connectivity index (χ3v) is 6.49. The maximum atomic E-state index is 13.8. The summed E-state index contributed by atoms with van der Waals surface area (Å²) < 4.78 is 9.63. The molecule has 0 fully saturated rings. The molecule has 0 aliphatic carbocycles. The Bertz CT molecular complexity index is 1730. The van der Waals surface area contributed by atoms with E-state index >= 15 is 0 Å². The summed E-state index contributed by atoms with van der Waals surface area (Å²) in [6.07, 6.45) is 0. The molecule has 0 atom stereocenters. The summed E-state index contributed by atoms with van der Waals surface area (Å²) in [6, 6.07) is 19.0. The maximum Gasteiger partial charge on any atom is 0.336 e. The number of Topliss-reactive ketones (excluding diaryl/α,β-unsaturated/α-hetero) is 1. The highest BCUT2D eigenvalue weighted by Crippen LogP contribution is 2.29. The van der Waals surface area contributed by atoms with Crippen LogP contribution in [0.25, 0.3) is 27.6 Å². The predicted molar refractivity (Wildman–Crippen MR) is 137 cm³/mol. The lowest BCUT2D eigenvalue weighted by Crippen LogP contribution is -2.40. The monoisotopic (exact) mass is 487 g/mol. The van der Waals surface area contributed by atoms with Crippen molar-refractivity contribution in [2.75, 3.05) is 7.11 Å². The van der Waals surface area contributed by atoms with Crippen LogP contribution < -0.4 is 16.0 Å². The molecule has 3 aromatic carbocycles. The van der Waals surface area contributed by atoms with Gasteiger partial charge >= 0.3 is 5.69 Å². The number of halogens is 1. The lowest BCUT2D eigenvalue weighted by molar-refractivity contribution is 0.0971. The molecule has 35 heavy (non-hydrogen) atoms. The number of ketones is 1. The van der Waals surface area contributed by atoms with Crippen molar-refractivity contribution in [3.63, 3.8) is 0 Å². The van der Waals surface area contributed by atoms with Crippen molar-refractivity contribution in [3.8, 4) is 11.4 Å². The number of nitrogens with zero attached hydrogens (tertiary/aromatic N) is 3. The molecule has 7 nitrogen and oxygen atoms in total. The summed E-state index contributed by atoms with van der Waals surface area (Å²) in [4.78, 5) is 40.8. The van der Waals surface area contributed by atoms with Gasteiger partial charge in [0.05, 0.1) is 30.4 Å². The first-order valence-corrected chi connectivity index (χ1v) is 11.4. The van der Waals surface area contributed by atoms with Crippen LogP contribution in [-0.4, -0.2) is 26.6 Å². The fourth-order valence-electron chi connectivity index (χ4n) is 4.40. The number of carbonyl (C=O) groups is 1. The van der Waals surface area contributed by atoms with E-state index in [1.165, 1.54) is 4.57 Å². The maximum absolute atomic E-state index is 13.8. The summed E-state index contributed by atoms with van der Waals surface area (Å²) >= 11 is 5.97. The number of aromatic nitrogens is 3. The number of methoxy groups -OCH3 is 1. The number of benzene rings is 3. The van der Waals surface area contributed by atoms with Gasteiger partial charge in [0.15, 0.2) is 5.78 Å². The van der Waals surface area contributed by atoms with Crippen molar-refractivity contribution in [3.05, 3.63) is 104 Å². The number of hydrogen-bond acceptors (Lipinski definition) is 4. The van der Waals surface area contributed by atoms with Gasteiger partial charge in [-0.2, -0.15) is 0 Å². The fourth-order valence-corrected chi connectivity index (χ4v) is 4.52. The highest BCUT2D eigenvalue weighted by atomic mass is 35.5. The predicted octanol–water partition coefficient (Wildman–Crippen LogP) is 4.50. The Kier molecular flexibility index (Phi) is 5.57. The first kappa shape index (κ1) is 22.7. The Morgan fingerprint density at radius 1 is 0.943 bits per heavy atom. The second kappa shape index (κ2) is 8.60. The molecule has 0 aliphatic rings. The number of aryl methyl sites for hydroxylation is 2. The van der Waals surface area contributed by atoms with Crippen LogP contribution in [0.4, 0.5) is 0 Å². The molecule has 0 spiro atoms. The Morgan fingerprint density at radius 3 is 2.29 bits per heavy atom. The van der Waals surface area contributed by atoms with Crippen LogP contribution in [0.2, 0.25) is 5.02 Å². The van der Waals surface area contributed by atoms with E-state index in [1.54, 1.807) is 67.3 Å². The first-order chi connectivity index (χ1) is 16.8. The van der Waals surface area contributed by atoms with Gasteiger partial charge in [-0.3, -0.25) is 14.2 Å². The van der Waals surface area contributed by atoms with Gasteiger partial charge in [-0.1, -0.05) is 29.3 Å². The molecule has 0 saturated heterocycles. The average Bonchev–Trinajstić information content (AvgIpc) is 3.15. The molecule has 176 valence electrons. The summed E-state index contributed by atoms with van der Waals surface area (Å²) in [5.74, 6) is 0.301.